The molecule has 14 heavy (non-hydrogen) atoms. The summed E-state index contributed by atoms with van der Waals surface area (Å²) in [5.74, 6) is 6.20. The molecule has 0 saturated carbocycles. The minimum Gasteiger partial charge on any atom is -0.377 e. The first-order valence-corrected chi connectivity index (χ1v) is 5.33. The molecule has 1 rings (SSSR count). The molecule has 2 unspecified atom stereocenters. The lowest BCUT2D eigenvalue weighted by atomic mass is 9.92. The minimum atomic E-state index is 0.138. The molecule has 0 aliphatic carbocycles. The van der Waals surface area contributed by atoms with Crippen LogP contribution in [0.2, 0.25) is 0 Å². The number of hydrogen-bond acceptors (Lipinski definition) is 2. The molecule has 0 N–H and O–H groups in total. The van der Waals surface area contributed by atoms with Crippen LogP contribution < -0.4 is 0 Å². The summed E-state index contributed by atoms with van der Waals surface area (Å²) in [6.45, 7) is 4.62. The van der Waals surface area contributed by atoms with E-state index < -0.39 is 0 Å². The van der Waals surface area contributed by atoms with E-state index in [0.29, 0.717) is 18.6 Å². The van der Waals surface area contributed by atoms with Crippen LogP contribution in [0.25, 0.3) is 0 Å². The molecule has 0 spiro atoms. The van der Waals surface area contributed by atoms with E-state index in [4.69, 9.17) is 4.74 Å². The first-order valence-electron chi connectivity index (χ1n) is 5.33. The summed E-state index contributed by atoms with van der Waals surface area (Å²) in [6.07, 6.45) is 3.29. The van der Waals surface area contributed by atoms with Crippen LogP contribution in [0.15, 0.2) is 0 Å². The normalized spacial score (nSPS) is 25.6. The van der Waals surface area contributed by atoms with Crippen LogP contribution in [0.5, 0.6) is 0 Å². The van der Waals surface area contributed by atoms with Crippen molar-refractivity contribution in [2.75, 3.05) is 6.61 Å². The molecule has 1 aliphatic rings. The zero-order valence-corrected chi connectivity index (χ0v) is 9.01. The van der Waals surface area contributed by atoms with Crippen LogP contribution in [-0.4, -0.2) is 18.5 Å². The summed E-state index contributed by atoms with van der Waals surface area (Å²) in [6, 6.07) is 0. The van der Waals surface area contributed by atoms with Gasteiger partial charge in [0.2, 0.25) is 0 Å². The van der Waals surface area contributed by atoms with Crippen molar-refractivity contribution in [2.45, 2.75) is 45.6 Å². The second-order valence-corrected chi connectivity index (χ2v) is 3.61. The van der Waals surface area contributed by atoms with Gasteiger partial charge in [-0.15, -0.1) is 11.8 Å². The Hall–Kier alpha value is -0.810. The largest absolute Gasteiger partial charge is 0.377 e. The minimum absolute atomic E-state index is 0.138. The van der Waals surface area contributed by atoms with Gasteiger partial charge in [-0.05, 0) is 19.8 Å². The zero-order valence-electron chi connectivity index (χ0n) is 9.01. The van der Waals surface area contributed by atoms with E-state index in [0.717, 1.165) is 19.4 Å². The molecule has 0 amide bonds. The number of ketones is 1. The van der Waals surface area contributed by atoms with Crippen molar-refractivity contribution in [2.24, 2.45) is 5.92 Å². The van der Waals surface area contributed by atoms with Crippen molar-refractivity contribution in [3.8, 4) is 11.8 Å². The third-order valence-corrected chi connectivity index (χ3v) is 2.70. The number of hydrogen-bond donors (Lipinski definition) is 0. The van der Waals surface area contributed by atoms with Crippen LogP contribution in [0, 0.1) is 17.8 Å². The van der Waals surface area contributed by atoms with E-state index in [1.807, 2.05) is 0 Å². The average molecular weight is 194 g/mol. The zero-order chi connectivity index (χ0) is 10.4. The lowest BCUT2D eigenvalue weighted by molar-refractivity contribution is -0.124. The van der Waals surface area contributed by atoms with E-state index in [1.165, 1.54) is 0 Å². The lowest BCUT2D eigenvalue weighted by Crippen LogP contribution is -2.23. The lowest BCUT2D eigenvalue weighted by Gasteiger charge is -2.14. The summed E-state index contributed by atoms with van der Waals surface area (Å²) in [4.78, 5) is 11.7. The highest BCUT2D eigenvalue weighted by Crippen LogP contribution is 2.25. The van der Waals surface area contributed by atoms with Crippen LogP contribution in [0.4, 0.5) is 0 Å². The molecule has 2 heteroatoms. The summed E-state index contributed by atoms with van der Waals surface area (Å²) >= 11 is 0. The van der Waals surface area contributed by atoms with Crippen molar-refractivity contribution < 1.29 is 9.53 Å². The first-order chi connectivity index (χ1) is 6.79. The molecular formula is C12H18O2. The van der Waals surface area contributed by atoms with Crippen molar-refractivity contribution in [3.05, 3.63) is 0 Å². The molecule has 2 nitrogen and oxygen atoms in total. The van der Waals surface area contributed by atoms with Gasteiger partial charge in [-0.2, -0.15) is 0 Å². The van der Waals surface area contributed by atoms with E-state index in [2.05, 4.69) is 18.8 Å². The highest BCUT2D eigenvalue weighted by Gasteiger charge is 2.31. The number of carbonyl (C=O) groups is 1. The topological polar surface area (TPSA) is 26.3 Å². The van der Waals surface area contributed by atoms with E-state index in [1.54, 1.807) is 6.92 Å². The molecule has 0 aromatic rings. The first kappa shape index (κ1) is 11.3. The molecular weight excluding hydrogens is 176 g/mol. The smallest absolute Gasteiger partial charge is 0.139 e. The molecule has 78 valence electrons. The maximum atomic E-state index is 11.7. The summed E-state index contributed by atoms with van der Waals surface area (Å²) < 4.78 is 5.49. The molecule has 1 saturated heterocycles. The van der Waals surface area contributed by atoms with Gasteiger partial charge < -0.3 is 4.74 Å². The van der Waals surface area contributed by atoms with Gasteiger partial charge in [0.25, 0.3) is 0 Å². The van der Waals surface area contributed by atoms with Crippen LogP contribution in [0.3, 0.4) is 0 Å². The molecule has 0 aromatic carbocycles. The summed E-state index contributed by atoms with van der Waals surface area (Å²) in [5, 5.41) is 0. The van der Waals surface area contributed by atoms with Gasteiger partial charge in [-0.25, -0.2) is 0 Å². The van der Waals surface area contributed by atoms with Crippen molar-refractivity contribution in [3.63, 3.8) is 0 Å². The Morgan fingerprint density at radius 2 is 2.36 bits per heavy atom. The molecule has 2 atom stereocenters. The molecule has 0 bridgehead atoms. The fourth-order valence-corrected chi connectivity index (χ4v) is 1.92. The second-order valence-electron chi connectivity index (χ2n) is 3.61. The van der Waals surface area contributed by atoms with Crippen LogP contribution in [0.1, 0.15) is 39.5 Å². The quantitative estimate of drug-likeness (QED) is 0.641. The number of Topliss-reactive ketones (excluding diaryl/α,β-unsaturated/α-hetero) is 1. The van der Waals surface area contributed by atoms with Gasteiger partial charge in [-0.1, -0.05) is 6.92 Å². The van der Waals surface area contributed by atoms with Crippen LogP contribution >= 0.6 is 0 Å². The van der Waals surface area contributed by atoms with E-state index >= 15 is 0 Å². The van der Waals surface area contributed by atoms with E-state index in [-0.39, 0.29) is 12.0 Å². The second kappa shape index (κ2) is 5.82. The molecule has 1 aliphatic heterocycles. The fourth-order valence-electron chi connectivity index (χ4n) is 1.92. The predicted molar refractivity (Wildman–Crippen MR) is 55.8 cm³/mol. The molecule has 0 radical (unpaired) electrons. The Labute approximate surface area is 86.0 Å². The Morgan fingerprint density at radius 3 is 3.00 bits per heavy atom. The Bertz CT molecular complexity index is 247. The molecule has 0 aromatic heterocycles. The molecule has 1 fully saturated rings. The average Bonchev–Trinajstić information content (AvgIpc) is 2.65. The van der Waals surface area contributed by atoms with Crippen molar-refractivity contribution in [1.29, 1.82) is 0 Å². The van der Waals surface area contributed by atoms with Gasteiger partial charge in [0.05, 0.1) is 6.10 Å². The summed E-state index contributed by atoms with van der Waals surface area (Å²) in [7, 11) is 0. The third kappa shape index (κ3) is 2.85. The molecule has 1 heterocycles. The Morgan fingerprint density at radius 1 is 1.57 bits per heavy atom. The Kier molecular flexibility index (Phi) is 4.69. The third-order valence-electron chi connectivity index (χ3n) is 2.70. The Balaban J connectivity index is 2.38. The SMILES string of the molecule is CC#CCCC(=O)C1CCOC1CC. The maximum absolute atomic E-state index is 11.7. The summed E-state index contributed by atoms with van der Waals surface area (Å²) in [5.41, 5.74) is 0. The van der Waals surface area contributed by atoms with Gasteiger partial charge >= 0.3 is 0 Å². The van der Waals surface area contributed by atoms with Crippen LogP contribution in [-0.2, 0) is 9.53 Å². The maximum Gasteiger partial charge on any atom is 0.139 e. The van der Waals surface area contributed by atoms with E-state index in [9.17, 15) is 4.79 Å². The van der Waals surface area contributed by atoms with Gasteiger partial charge in [-0.3, -0.25) is 4.79 Å². The van der Waals surface area contributed by atoms with Crippen molar-refractivity contribution >= 4 is 5.78 Å². The van der Waals surface area contributed by atoms with Gasteiger partial charge in [0.15, 0.2) is 0 Å². The van der Waals surface area contributed by atoms with Gasteiger partial charge in [0.1, 0.15) is 5.78 Å². The van der Waals surface area contributed by atoms with Gasteiger partial charge in [0, 0.05) is 25.4 Å². The highest BCUT2D eigenvalue weighted by molar-refractivity contribution is 5.82. The van der Waals surface area contributed by atoms with Crippen molar-refractivity contribution in [1.82, 2.24) is 0 Å². The number of rotatable bonds is 4. The highest BCUT2D eigenvalue weighted by atomic mass is 16.5. The number of carbonyl (C=O) groups excluding carboxylic acids is 1. The predicted octanol–water partition coefficient (Wildman–Crippen LogP) is 2.17. The fraction of sp³-hybridized carbons (Fsp3) is 0.750. The number of ether oxygens (including phenoxy) is 1. The monoisotopic (exact) mass is 194 g/mol. The standard InChI is InChI=1S/C12H18O2/c1-3-5-6-7-11(13)10-8-9-14-12(10)4-2/h10,12H,4,6-9H2,1-2H3.